The lowest BCUT2D eigenvalue weighted by atomic mass is 10.1. The number of benzene rings is 1. The molecule has 2 heterocycles. The second-order valence-electron chi connectivity index (χ2n) is 7.28. The van der Waals surface area contributed by atoms with Crippen LogP contribution in [0.1, 0.15) is 49.5 Å². The van der Waals surface area contributed by atoms with Gasteiger partial charge in [0.2, 0.25) is 0 Å². The van der Waals surface area contributed by atoms with Crippen LogP contribution in [0.5, 0.6) is 0 Å². The van der Waals surface area contributed by atoms with E-state index >= 15 is 0 Å². The van der Waals surface area contributed by atoms with Crippen LogP contribution in [-0.4, -0.2) is 46.4 Å². The molecule has 1 amide bonds. The van der Waals surface area contributed by atoms with Gasteiger partial charge in [0, 0.05) is 24.8 Å². The molecule has 0 saturated heterocycles. The standard InChI is InChI=1S/C22H28N4O2.2ClH/c1-5-25(6-2)12-11-23-21(27)16-7-9-19-18(13-16)22(28)26-14-17(15(3)4)8-10-20(26)24-19;;/h7-10,13-15H,5-6,11-12H2,1-4H3,(H,23,27);2*1H. The van der Waals surface area contributed by atoms with Crippen molar-refractivity contribution in [2.24, 2.45) is 0 Å². The summed E-state index contributed by atoms with van der Waals surface area (Å²) >= 11 is 0. The number of halogens is 2. The van der Waals surface area contributed by atoms with Crippen LogP contribution in [0.4, 0.5) is 0 Å². The number of carbonyl (C=O) groups excluding carboxylic acids is 1. The molecule has 30 heavy (non-hydrogen) atoms. The summed E-state index contributed by atoms with van der Waals surface area (Å²) in [7, 11) is 0. The molecule has 0 radical (unpaired) electrons. The molecule has 0 unspecified atom stereocenters. The lowest BCUT2D eigenvalue weighted by Crippen LogP contribution is -2.34. The van der Waals surface area contributed by atoms with Crippen molar-refractivity contribution in [3.63, 3.8) is 0 Å². The van der Waals surface area contributed by atoms with Crippen molar-refractivity contribution >= 4 is 47.3 Å². The minimum absolute atomic E-state index is 0. The van der Waals surface area contributed by atoms with Gasteiger partial charge in [-0.3, -0.25) is 14.0 Å². The van der Waals surface area contributed by atoms with E-state index in [4.69, 9.17) is 0 Å². The zero-order valence-electron chi connectivity index (χ0n) is 17.8. The average Bonchev–Trinajstić information content (AvgIpc) is 2.70. The van der Waals surface area contributed by atoms with E-state index in [1.54, 1.807) is 22.6 Å². The number of nitrogens with one attached hydrogen (secondary N) is 1. The van der Waals surface area contributed by atoms with Gasteiger partial charge in [0.25, 0.3) is 11.5 Å². The van der Waals surface area contributed by atoms with E-state index < -0.39 is 0 Å². The fourth-order valence-corrected chi connectivity index (χ4v) is 3.27. The highest BCUT2D eigenvalue weighted by Gasteiger charge is 2.12. The summed E-state index contributed by atoms with van der Waals surface area (Å²) in [6.45, 7) is 11.7. The highest BCUT2D eigenvalue weighted by molar-refractivity contribution is 5.98. The van der Waals surface area contributed by atoms with Crippen LogP contribution in [-0.2, 0) is 0 Å². The number of nitrogens with zero attached hydrogens (tertiary/aromatic N) is 3. The second-order valence-corrected chi connectivity index (χ2v) is 7.28. The van der Waals surface area contributed by atoms with Gasteiger partial charge in [-0.1, -0.05) is 33.8 Å². The molecule has 0 bridgehead atoms. The molecule has 164 valence electrons. The van der Waals surface area contributed by atoms with E-state index in [1.165, 1.54) is 0 Å². The minimum atomic E-state index is -0.172. The van der Waals surface area contributed by atoms with Gasteiger partial charge in [0.05, 0.1) is 10.9 Å². The lowest BCUT2D eigenvalue weighted by molar-refractivity contribution is 0.0949. The van der Waals surface area contributed by atoms with Crippen molar-refractivity contribution in [2.45, 2.75) is 33.6 Å². The number of fused-ring (bicyclic) bond motifs is 2. The number of hydrogen-bond donors (Lipinski definition) is 1. The van der Waals surface area contributed by atoms with Crippen molar-refractivity contribution < 1.29 is 4.79 Å². The summed E-state index contributed by atoms with van der Waals surface area (Å²) in [4.78, 5) is 32.3. The maximum absolute atomic E-state index is 13.0. The molecule has 0 saturated carbocycles. The van der Waals surface area contributed by atoms with Gasteiger partial charge in [-0.2, -0.15) is 0 Å². The Morgan fingerprint density at radius 1 is 1.13 bits per heavy atom. The first kappa shape index (κ1) is 25.9. The highest BCUT2D eigenvalue weighted by atomic mass is 35.5. The van der Waals surface area contributed by atoms with Crippen molar-refractivity contribution in [2.75, 3.05) is 26.2 Å². The van der Waals surface area contributed by atoms with Crippen LogP contribution in [0.25, 0.3) is 16.6 Å². The van der Waals surface area contributed by atoms with E-state index in [-0.39, 0.29) is 36.3 Å². The van der Waals surface area contributed by atoms with Gasteiger partial charge < -0.3 is 10.2 Å². The van der Waals surface area contributed by atoms with Gasteiger partial charge in [0.15, 0.2) is 0 Å². The molecule has 6 nitrogen and oxygen atoms in total. The van der Waals surface area contributed by atoms with E-state index in [1.807, 2.05) is 18.3 Å². The normalized spacial score (nSPS) is 10.9. The summed E-state index contributed by atoms with van der Waals surface area (Å²) in [5.74, 6) is 0.143. The molecule has 3 aromatic rings. The summed E-state index contributed by atoms with van der Waals surface area (Å²) in [6.07, 6.45) is 1.84. The van der Waals surface area contributed by atoms with Crippen molar-refractivity contribution in [1.82, 2.24) is 19.6 Å². The summed E-state index contributed by atoms with van der Waals surface area (Å²) in [6, 6.07) is 8.97. The van der Waals surface area contributed by atoms with Crippen molar-refractivity contribution in [3.8, 4) is 0 Å². The molecular weight excluding hydrogens is 423 g/mol. The Morgan fingerprint density at radius 2 is 1.83 bits per heavy atom. The minimum Gasteiger partial charge on any atom is -0.351 e. The van der Waals surface area contributed by atoms with Crippen LogP contribution in [0, 0.1) is 0 Å². The number of hydrogen-bond acceptors (Lipinski definition) is 4. The number of amides is 1. The van der Waals surface area contributed by atoms with Gasteiger partial charge in [-0.15, -0.1) is 24.8 Å². The van der Waals surface area contributed by atoms with E-state index in [2.05, 4.69) is 42.9 Å². The summed E-state index contributed by atoms with van der Waals surface area (Å²) in [5, 5.41) is 3.39. The van der Waals surface area contributed by atoms with Crippen LogP contribution in [0.3, 0.4) is 0 Å². The highest BCUT2D eigenvalue weighted by Crippen LogP contribution is 2.16. The Morgan fingerprint density at radius 3 is 2.47 bits per heavy atom. The molecule has 1 aromatic carbocycles. The Hall–Kier alpha value is -2.15. The maximum atomic E-state index is 13.0. The summed E-state index contributed by atoms with van der Waals surface area (Å²) < 4.78 is 1.57. The van der Waals surface area contributed by atoms with Crippen LogP contribution < -0.4 is 10.9 Å². The molecule has 0 spiro atoms. The van der Waals surface area contributed by atoms with E-state index in [9.17, 15) is 9.59 Å². The monoisotopic (exact) mass is 452 g/mol. The second kappa shape index (κ2) is 11.3. The Balaban J connectivity index is 0.00000225. The largest absolute Gasteiger partial charge is 0.351 e. The first-order chi connectivity index (χ1) is 13.4. The van der Waals surface area contributed by atoms with Gasteiger partial charge in [0.1, 0.15) is 5.65 Å². The molecule has 3 rings (SSSR count). The number of pyridine rings is 1. The predicted molar refractivity (Wildman–Crippen MR) is 128 cm³/mol. The lowest BCUT2D eigenvalue weighted by Gasteiger charge is -2.18. The van der Waals surface area contributed by atoms with Gasteiger partial charge >= 0.3 is 0 Å². The van der Waals surface area contributed by atoms with Crippen molar-refractivity contribution in [3.05, 3.63) is 58.0 Å². The molecular formula is C22H30Cl2N4O2. The van der Waals surface area contributed by atoms with Crippen LogP contribution in [0.2, 0.25) is 0 Å². The molecule has 0 aliphatic rings. The maximum Gasteiger partial charge on any atom is 0.265 e. The Bertz CT molecular complexity index is 1060. The molecule has 2 aromatic heterocycles. The third-order valence-electron chi connectivity index (χ3n) is 5.17. The van der Waals surface area contributed by atoms with Crippen LogP contribution in [0.15, 0.2) is 41.3 Å². The SMILES string of the molecule is CCN(CC)CCNC(=O)c1ccc2nc3ccc(C(C)C)cn3c(=O)c2c1.Cl.Cl. The van der Waals surface area contributed by atoms with E-state index in [0.717, 1.165) is 25.2 Å². The molecule has 0 atom stereocenters. The van der Waals surface area contributed by atoms with Crippen LogP contribution >= 0.6 is 24.8 Å². The third kappa shape index (κ3) is 5.50. The fourth-order valence-electron chi connectivity index (χ4n) is 3.27. The molecule has 1 N–H and O–H groups in total. The first-order valence-electron chi connectivity index (χ1n) is 9.91. The Kier molecular flexibility index (Phi) is 9.75. The number of carbonyl (C=O) groups is 1. The van der Waals surface area contributed by atoms with Gasteiger partial charge in [-0.05, 0) is 48.8 Å². The third-order valence-corrected chi connectivity index (χ3v) is 5.17. The number of aromatic nitrogens is 2. The number of likely N-dealkylation sites (N-methyl/N-ethyl adjacent to an activating group) is 1. The zero-order valence-corrected chi connectivity index (χ0v) is 19.5. The molecule has 0 fully saturated rings. The fraction of sp³-hybridized carbons (Fsp3) is 0.409. The smallest absolute Gasteiger partial charge is 0.265 e. The number of rotatable bonds is 7. The predicted octanol–water partition coefficient (Wildman–Crippen LogP) is 3.89. The Labute approximate surface area is 189 Å². The molecule has 0 aliphatic carbocycles. The summed E-state index contributed by atoms with van der Waals surface area (Å²) in [5.41, 5.74) is 2.60. The first-order valence-corrected chi connectivity index (χ1v) is 9.91. The topological polar surface area (TPSA) is 66.7 Å². The zero-order chi connectivity index (χ0) is 20.3. The molecule has 8 heteroatoms. The average molecular weight is 453 g/mol. The van der Waals surface area contributed by atoms with Crippen molar-refractivity contribution in [1.29, 1.82) is 0 Å². The quantitative estimate of drug-likeness (QED) is 0.552. The van der Waals surface area contributed by atoms with Gasteiger partial charge in [-0.25, -0.2) is 4.98 Å². The van der Waals surface area contributed by atoms with E-state index in [0.29, 0.717) is 34.6 Å². The molecule has 0 aliphatic heterocycles.